The molecule has 1 aliphatic carbocycles. The lowest BCUT2D eigenvalue weighted by Gasteiger charge is -2.39. The van der Waals surface area contributed by atoms with Crippen molar-refractivity contribution in [2.45, 2.75) is 51.0 Å². The van der Waals surface area contributed by atoms with Crippen LogP contribution in [0.5, 0.6) is 0 Å². The number of hydrogen-bond acceptors (Lipinski definition) is 2. The van der Waals surface area contributed by atoms with Crippen LogP contribution in [0.15, 0.2) is 30.3 Å². The molecular weight excluding hydrogens is 262 g/mol. The first-order chi connectivity index (χ1) is 9.50. The van der Waals surface area contributed by atoms with Crippen molar-refractivity contribution in [3.63, 3.8) is 0 Å². The minimum atomic E-state index is 0.238. The molecule has 1 saturated carbocycles. The van der Waals surface area contributed by atoms with Crippen molar-refractivity contribution in [1.29, 1.82) is 5.26 Å². The number of hydrogen-bond donors (Lipinski definition) is 0. The summed E-state index contributed by atoms with van der Waals surface area (Å²) in [6.45, 7) is 7.01. The smallest absolute Gasteiger partial charge is 0.0667 e. The van der Waals surface area contributed by atoms with Gasteiger partial charge < -0.3 is 0 Å². The van der Waals surface area contributed by atoms with Crippen LogP contribution in [-0.2, 0) is 5.75 Å². The highest BCUT2D eigenvalue weighted by Gasteiger charge is 2.36. The van der Waals surface area contributed by atoms with Gasteiger partial charge in [0.05, 0.1) is 12.0 Å². The summed E-state index contributed by atoms with van der Waals surface area (Å²) in [6.07, 6.45) is 3.48. The van der Waals surface area contributed by atoms with Crippen molar-refractivity contribution < 1.29 is 0 Å². The zero-order valence-electron chi connectivity index (χ0n) is 12.8. The Labute approximate surface area is 127 Å². The summed E-state index contributed by atoms with van der Waals surface area (Å²) in [5.74, 6) is 2.02. The highest BCUT2D eigenvalue weighted by molar-refractivity contribution is 7.99. The van der Waals surface area contributed by atoms with E-state index in [1.165, 1.54) is 18.4 Å². The molecule has 0 aromatic heterocycles. The molecule has 20 heavy (non-hydrogen) atoms. The zero-order chi connectivity index (χ0) is 14.6. The molecule has 3 unspecified atom stereocenters. The molecule has 0 radical (unpaired) electrons. The van der Waals surface area contributed by atoms with E-state index in [0.29, 0.717) is 10.7 Å². The molecule has 1 fully saturated rings. The summed E-state index contributed by atoms with van der Waals surface area (Å²) in [4.78, 5) is 0. The monoisotopic (exact) mass is 287 g/mol. The van der Waals surface area contributed by atoms with Crippen molar-refractivity contribution >= 4 is 11.8 Å². The Morgan fingerprint density at radius 3 is 2.50 bits per heavy atom. The van der Waals surface area contributed by atoms with E-state index in [-0.39, 0.29) is 5.92 Å². The van der Waals surface area contributed by atoms with Gasteiger partial charge in [-0.1, -0.05) is 51.1 Å². The van der Waals surface area contributed by atoms with Crippen LogP contribution in [0.2, 0.25) is 0 Å². The summed E-state index contributed by atoms with van der Waals surface area (Å²) in [5, 5.41) is 9.88. The fraction of sp³-hybridized carbons (Fsp3) is 0.611. The van der Waals surface area contributed by atoms with Crippen molar-refractivity contribution in [3.8, 4) is 6.07 Å². The van der Waals surface area contributed by atoms with Crippen LogP contribution in [0.3, 0.4) is 0 Å². The first-order valence-corrected chi connectivity index (χ1v) is 8.60. The molecule has 1 aromatic carbocycles. The number of rotatable bonds is 3. The molecule has 1 aromatic rings. The molecule has 1 aliphatic rings. The Bertz CT molecular complexity index is 455. The standard InChI is InChI=1S/C18H25NS/c1-18(2,3)16-10-9-15(12-19)17(11-16)20-13-14-7-5-4-6-8-14/h4-8,15-17H,9-11,13H2,1-3H3. The van der Waals surface area contributed by atoms with Gasteiger partial charge in [0.2, 0.25) is 0 Å². The summed E-state index contributed by atoms with van der Waals surface area (Å²) < 4.78 is 0. The van der Waals surface area contributed by atoms with Crippen LogP contribution in [0, 0.1) is 28.6 Å². The van der Waals surface area contributed by atoms with Gasteiger partial charge in [0.25, 0.3) is 0 Å². The van der Waals surface area contributed by atoms with Crippen molar-refractivity contribution in [2.75, 3.05) is 0 Å². The van der Waals surface area contributed by atoms with Crippen molar-refractivity contribution in [3.05, 3.63) is 35.9 Å². The maximum atomic E-state index is 9.38. The largest absolute Gasteiger partial charge is 0.198 e. The minimum absolute atomic E-state index is 0.238. The normalized spacial score (nSPS) is 27.0. The van der Waals surface area contributed by atoms with E-state index in [1.54, 1.807) is 0 Å². The molecule has 0 heterocycles. The van der Waals surface area contributed by atoms with Crippen LogP contribution >= 0.6 is 11.8 Å². The van der Waals surface area contributed by atoms with Gasteiger partial charge in [-0.3, -0.25) is 0 Å². The van der Waals surface area contributed by atoms with Gasteiger partial charge in [-0.2, -0.15) is 17.0 Å². The van der Waals surface area contributed by atoms with Crippen LogP contribution in [0.25, 0.3) is 0 Å². The number of benzene rings is 1. The summed E-state index contributed by atoms with van der Waals surface area (Å²) in [7, 11) is 0. The first-order valence-electron chi connectivity index (χ1n) is 7.56. The van der Waals surface area contributed by atoms with Gasteiger partial charge in [0.1, 0.15) is 0 Å². The molecule has 0 spiro atoms. The van der Waals surface area contributed by atoms with E-state index >= 15 is 0 Å². The molecule has 0 bridgehead atoms. The summed E-state index contributed by atoms with van der Waals surface area (Å²) in [6, 6.07) is 13.1. The van der Waals surface area contributed by atoms with E-state index in [9.17, 15) is 5.26 Å². The Balaban J connectivity index is 1.97. The summed E-state index contributed by atoms with van der Waals surface area (Å²) >= 11 is 1.98. The lowest BCUT2D eigenvalue weighted by atomic mass is 9.70. The zero-order valence-corrected chi connectivity index (χ0v) is 13.6. The fourth-order valence-electron chi connectivity index (χ4n) is 3.03. The number of nitrogens with zero attached hydrogens (tertiary/aromatic N) is 1. The molecule has 3 atom stereocenters. The van der Waals surface area contributed by atoms with Crippen LogP contribution in [0.1, 0.15) is 45.6 Å². The van der Waals surface area contributed by atoms with Crippen molar-refractivity contribution in [1.82, 2.24) is 0 Å². The molecule has 2 heteroatoms. The third-order valence-electron chi connectivity index (χ3n) is 4.49. The molecule has 2 rings (SSSR count). The fourth-order valence-corrected chi connectivity index (χ4v) is 4.42. The second kappa shape index (κ2) is 6.68. The lowest BCUT2D eigenvalue weighted by Crippen LogP contribution is -2.33. The van der Waals surface area contributed by atoms with E-state index < -0.39 is 0 Å². The van der Waals surface area contributed by atoms with Gasteiger partial charge in [-0.25, -0.2) is 0 Å². The van der Waals surface area contributed by atoms with E-state index in [1.807, 2.05) is 11.8 Å². The Morgan fingerprint density at radius 1 is 1.20 bits per heavy atom. The molecule has 0 saturated heterocycles. The molecule has 1 nitrogen and oxygen atoms in total. The van der Waals surface area contributed by atoms with Crippen molar-refractivity contribution in [2.24, 2.45) is 17.3 Å². The van der Waals surface area contributed by atoms with Gasteiger partial charge in [0, 0.05) is 11.0 Å². The highest BCUT2D eigenvalue weighted by atomic mass is 32.2. The minimum Gasteiger partial charge on any atom is -0.198 e. The highest BCUT2D eigenvalue weighted by Crippen LogP contribution is 2.44. The average Bonchev–Trinajstić information content (AvgIpc) is 2.45. The topological polar surface area (TPSA) is 23.8 Å². The molecule has 0 amide bonds. The van der Waals surface area contributed by atoms with E-state index in [2.05, 4.69) is 57.2 Å². The number of thioether (sulfide) groups is 1. The molecule has 0 N–H and O–H groups in total. The lowest BCUT2D eigenvalue weighted by molar-refractivity contribution is 0.169. The van der Waals surface area contributed by atoms with Crippen LogP contribution < -0.4 is 0 Å². The first kappa shape index (κ1) is 15.4. The Kier molecular flexibility index (Phi) is 5.16. The molecular formula is C18H25NS. The van der Waals surface area contributed by atoms with Crippen LogP contribution in [-0.4, -0.2) is 5.25 Å². The second-order valence-electron chi connectivity index (χ2n) is 6.95. The van der Waals surface area contributed by atoms with E-state index in [4.69, 9.17) is 0 Å². The van der Waals surface area contributed by atoms with E-state index in [0.717, 1.165) is 18.1 Å². The van der Waals surface area contributed by atoms with Gasteiger partial charge in [0.15, 0.2) is 0 Å². The Morgan fingerprint density at radius 2 is 1.90 bits per heavy atom. The number of nitriles is 1. The predicted octanol–water partition coefficient (Wildman–Crippen LogP) is 5.27. The second-order valence-corrected chi connectivity index (χ2v) is 8.17. The van der Waals surface area contributed by atoms with Crippen LogP contribution in [0.4, 0.5) is 0 Å². The third kappa shape index (κ3) is 4.03. The van der Waals surface area contributed by atoms with Gasteiger partial charge in [-0.05, 0) is 36.2 Å². The quantitative estimate of drug-likeness (QED) is 0.755. The third-order valence-corrected chi connectivity index (χ3v) is 5.94. The Hall–Kier alpha value is -0.940. The maximum Gasteiger partial charge on any atom is 0.0667 e. The molecule has 108 valence electrons. The SMILES string of the molecule is CC(C)(C)C1CCC(C#N)C(SCc2ccccc2)C1. The average molecular weight is 287 g/mol. The van der Waals surface area contributed by atoms with Gasteiger partial charge in [-0.15, -0.1) is 0 Å². The van der Waals surface area contributed by atoms with Gasteiger partial charge >= 0.3 is 0 Å². The maximum absolute atomic E-state index is 9.38. The molecule has 0 aliphatic heterocycles. The predicted molar refractivity (Wildman–Crippen MR) is 87.4 cm³/mol. The summed E-state index contributed by atoms with van der Waals surface area (Å²) in [5.41, 5.74) is 1.73.